The van der Waals surface area contributed by atoms with Crippen molar-refractivity contribution in [1.82, 2.24) is 5.32 Å². The topological polar surface area (TPSA) is 33.7 Å². The molecule has 0 aliphatic carbocycles. The maximum absolute atomic E-state index is 5.98. The Hall–Kier alpha value is -1.42. The van der Waals surface area contributed by atoms with Gasteiger partial charge in [-0.3, -0.25) is 0 Å². The van der Waals surface area contributed by atoms with E-state index in [1.165, 1.54) is 0 Å². The van der Waals surface area contributed by atoms with Crippen molar-refractivity contribution in [2.75, 3.05) is 44.8 Å². The van der Waals surface area contributed by atoms with Gasteiger partial charge in [0.25, 0.3) is 0 Å². The molecule has 4 heteroatoms. The van der Waals surface area contributed by atoms with Crippen LogP contribution in [0, 0.1) is 5.92 Å². The van der Waals surface area contributed by atoms with Crippen LogP contribution in [0.4, 0.5) is 5.69 Å². The van der Waals surface area contributed by atoms with E-state index < -0.39 is 0 Å². The van der Waals surface area contributed by atoms with E-state index in [1.54, 1.807) is 7.11 Å². The van der Waals surface area contributed by atoms with Crippen LogP contribution in [0.2, 0.25) is 0 Å². The van der Waals surface area contributed by atoms with Crippen molar-refractivity contribution in [2.24, 2.45) is 5.92 Å². The molecule has 0 amide bonds. The summed E-state index contributed by atoms with van der Waals surface area (Å²) in [5.41, 5.74) is 1.15. The average molecular weight is 278 g/mol. The molecule has 1 heterocycles. The molecule has 2 rings (SSSR count). The van der Waals surface area contributed by atoms with Crippen LogP contribution >= 0.6 is 0 Å². The van der Waals surface area contributed by atoms with Crippen molar-refractivity contribution < 1.29 is 9.47 Å². The van der Waals surface area contributed by atoms with Gasteiger partial charge in [0, 0.05) is 32.2 Å². The summed E-state index contributed by atoms with van der Waals surface area (Å²) in [6.45, 7) is 9.25. The normalized spacial score (nSPS) is 15.5. The molecule has 0 radical (unpaired) electrons. The molecule has 1 aromatic carbocycles. The van der Waals surface area contributed by atoms with Gasteiger partial charge < -0.3 is 19.7 Å². The zero-order chi connectivity index (χ0) is 14.4. The fourth-order valence-corrected chi connectivity index (χ4v) is 2.30. The second kappa shape index (κ2) is 7.39. The first-order chi connectivity index (χ1) is 9.70. The maximum atomic E-state index is 5.98. The summed E-state index contributed by atoms with van der Waals surface area (Å²) in [7, 11) is 1.70. The quantitative estimate of drug-likeness (QED) is 0.867. The number of ether oxygens (including phenoxy) is 2. The van der Waals surface area contributed by atoms with Gasteiger partial charge in [0.2, 0.25) is 0 Å². The van der Waals surface area contributed by atoms with Gasteiger partial charge in [0.1, 0.15) is 11.5 Å². The highest BCUT2D eigenvalue weighted by Gasteiger charge is 2.16. The highest BCUT2D eigenvalue weighted by Crippen LogP contribution is 2.33. The minimum atomic E-state index is 0.663. The highest BCUT2D eigenvalue weighted by atomic mass is 16.5. The second-order valence-electron chi connectivity index (χ2n) is 5.60. The number of piperazine rings is 1. The molecule has 0 spiro atoms. The lowest BCUT2D eigenvalue weighted by Crippen LogP contribution is -2.43. The predicted octanol–water partition coefficient (Wildman–Crippen LogP) is 2.53. The Morgan fingerprint density at radius 2 is 2.00 bits per heavy atom. The van der Waals surface area contributed by atoms with Gasteiger partial charge in [-0.25, -0.2) is 0 Å². The summed E-state index contributed by atoms with van der Waals surface area (Å²) >= 11 is 0. The van der Waals surface area contributed by atoms with Crippen molar-refractivity contribution >= 4 is 5.69 Å². The summed E-state index contributed by atoms with van der Waals surface area (Å²) in [5.74, 6) is 2.51. The van der Waals surface area contributed by atoms with Gasteiger partial charge >= 0.3 is 0 Å². The monoisotopic (exact) mass is 278 g/mol. The number of rotatable bonds is 6. The molecule has 1 aliphatic rings. The summed E-state index contributed by atoms with van der Waals surface area (Å²) in [6.07, 6.45) is 1.08. The van der Waals surface area contributed by atoms with Gasteiger partial charge in [0.05, 0.1) is 19.4 Å². The number of nitrogens with zero attached hydrogens (tertiary/aromatic N) is 1. The van der Waals surface area contributed by atoms with Crippen molar-refractivity contribution in [3.05, 3.63) is 18.2 Å². The Kier molecular flexibility index (Phi) is 5.53. The first-order valence-corrected chi connectivity index (χ1v) is 7.47. The van der Waals surface area contributed by atoms with E-state index in [0.717, 1.165) is 56.4 Å². The molecular formula is C16H26N2O2. The first kappa shape index (κ1) is 15.0. The molecule has 0 bridgehead atoms. The Balaban J connectivity index is 2.11. The summed E-state index contributed by atoms with van der Waals surface area (Å²) in [5, 5.41) is 3.38. The minimum absolute atomic E-state index is 0.663. The average Bonchev–Trinajstić information content (AvgIpc) is 2.48. The van der Waals surface area contributed by atoms with E-state index in [2.05, 4.69) is 30.1 Å². The molecule has 0 aromatic heterocycles. The van der Waals surface area contributed by atoms with Crippen LogP contribution in [0.25, 0.3) is 0 Å². The van der Waals surface area contributed by atoms with Crippen molar-refractivity contribution in [2.45, 2.75) is 20.3 Å². The Morgan fingerprint density at radius 3 is 2.65 bits per heavy atom. The Morgan fingerprint density at radius 1 is 1.25 bits per heavy atom. The third-order valence-electron chi connectivity index (χ3n) is 3.58. The largest absolute Gasteiger partial charge is 0.497 e. The van der Waals surface area contributed by atoms with E-state index in [9.17, 15) is 0 Å². The summed E-state index contributed by atoms with van der Waals surface area (Å²) in [6, 6.07) is 6.07. The van der Waals surface area contributed by atoms with E-state index >= 15 is 0 Å². The molecular weight excluding hydrogens is 252 g/mol. The van der Waals surface area contributed by atoms with Crippen LogP contribution in [0.1, 0.15) is 20.3 Å². The third kappa shape index (κ3) is 4.04. The number of hydrogen-bond acceptors (Lipinski definition) is 4. The first-order valence-electron chi connectivity index (χ1n) is 7.47. The van der Waals surface area contributed by atoms with Crippen molar-refractivity contribution in [3.8, 4) is 11.5 Å². The summed E-state index contributed by atoms with van der Waals surface area (Å²) < 4.78 is 11.3. The molecule has 0 saturated carbocycles. The van der Waals surface area contributed by atoms with E-state index in [4.69, 9.17) is 9.47 Å². The fraction of sp³-hybridized carbons (Fsp3) is 0.625. The zero-order valence-electron chi connectivity index (χ0n) is 12.8. The predicted molar refractivity (Wildman–Crippen MR) is 83.0 cm³/mol. The van der Waals surface area contributed by atoms with Crippen LogP contribution < -0.4 is 19.7 Å². The lowest BCUT2D eigenvalue weighted by Gasteiger charge is -2.31. The number of anilines is 1. The fourth-order valence-electron chi connectivity index (χ4n) is 2.30. The highest BCUT2D eigenvalue weighted by molar-refractivity contribution is 5.62. The lowest BCUT2D eigenvalue weighted by molar-refractivity contribution is 0.289. The molecule has 20 heavy (non-hydrogen) atoms. The van der Waals surface area contributed by atoms with Gasteiger partial charge in [-0.1, -0.05) is 13.8 Å². The second-order valence-corrected chi connectivity index (χ2v) is 5.60. The van der Waals surface area contributed by atoms with E-state index in [0.29, 0.717) is 5.92 Å². The van der Waals surface area contributed by atoms with Crippen LogP contribution in [0.3, 0.4) is 0 Å². The minimum Gasteiger partial charge on any atom is -0.497 e. The van der Waals surface area contributed by atoms with Gasteiger partial charge in [0.15, 0.2) is 0 Å². The van der Waals surface area contributed by atoms with Gasteiger partial charge in [-0.2, -0.15) is 0 Å². The maximum Gasteiger partial charge on any atom is 0.142 e. The van der Waals surface area contributed by atoms with E-state index in [-0.39, 0.29) is 0 Å². The lowest BCUT2D eigenvalue weighted by atomic mass is 10.1. The number of hydrogen-bond donors (Lipinski definition) is 1. The number of nitrogens with one attached hydrogen (secondary N) is 1. The van der Waals surface area contributed by atoms with Crippen LogP contribution in [0.15, 0.2) is 18.2 Å². The van der Waals surface area contributed by atoms with Crippen LogP contribution in [-0.2, 0) is 0 Å². The molecule has 0 unspecified atom stereocenters. The SMILES string of the molecule is COc1ccc(OCCC(C)C)c(N2CCNCC2)c1. The van der Waals surface area contributed by atoms with Gasteiger partial charge in [-0.05, 0) is 24.5 Å². The molecule has 1 aliphatic heterocycles. The molecule has 112 valence electrons. The van der Waals surface area contributed by atoms with Crippen molar-refractivity contribution in [1.29, 1.82) is 0 Å². The Labute approximate surface area is 122 Å². The Bertz CT molecular complexity index is 415. The number of methoxy groups -OCH3 is 1. The van der Waals surface area contributed by atoms with Crippen molar-refractivity contribution in [3.63, 3.8) is 0 Å². The molecule has 4 nitrogen and oxygen atoms in total. The number of benzene rings is 1. The molecule has 1 N–H and O–H groups in total. The molecule has 0 atom stereocenters. The van der Waals surface area contributed by atoms with Crippen LogP contribution in [-0.4, -0.2) is 39.9 Å². The molecule has 1 fully saturated rings. The van der Waals surface area contributed by atoms with Gasteiger partial charge in [-0.15, -0.1) is 0 Å². The molecule has 1 saturated heterocycles. The van der Waals surface area contributed by atoms with Crippen LogP contribution in [0.5, 0.6) is 11.5 Å². The standard InChI is InChI=1S/C16H26N2O2/c1-13(2)6-11-20-16-5-4-14(19-3)12-15(16)18-9-7-17-8-10-18/h4-5,12-13,17H,6-11H2,1-3H3. The van der Waals surface area contributed by atoms with E-state index in [1.807, 2.05) is 12.1 Å². The molecule has 1 aromatic rings. The summed E-state index contributed by atoms with van der Waals surface area (Å²) in [4.78, 5) is 2.36. The smallest absolute Gasteiger partial charge is 0.142 e. The zero-order valence-corrected chi connectivity index (χ0v) is 12.8. The third-order valence-corrected chi connectivity index (χ3v) is 3.58.